The third-order valence-corrected chi connectivity index (χ3v) is 12.9. The fourth-order valence-corrected chi connectivity index (χ4v) is 9.86. The highest BCUT2D eigenvalue weighted by molar-refractivity contribution is 6.13. The van der Waals surface area contributed by atoms with E-state index in [1.165, 1.54) is 32.6 Å². The molecule has 0 atom stereocenters. The summed E-state index contributed by atoms with van der Waals surface area (Å²) >= 11 is 0. The van der Waals surface area contributed by atoms with E-state index in [1.807, 2.05) is 24.3 Å². The number of aromatic nitrogens is 4. The summed E-state index contributed by atoms with van der Waals surface area (Å²) in [5.41, 5.74) is 16.3. The predicted molar refractivity (Wildman–Crippen MR) is 271 cm³/mol. The summed E-state index contributed by atoms with van der Waals surface area (Å²) in [4.78, 5) is 13.0. The van der Waals surface area contributed by atoms with Gasteiger partial charge in [0.05, 0.1) is 39.1 Å². The van der Waals surface area contributed by atoms with E-state index in [1.54, 1.807) is 0 Å². The van der Waals surface area contributed by atoms with Crippen molar-refractivity contribution in [3.05, 3.63) is 236 Å². The molecule has 0 bridgehead atoms. The summed E-state index contributed by atoms with van der Waals surface area (Å²) in [6.07, 6.45) is 4.55. The van der Waals surface area contributed by atoms with Crippen LogP contribution in [0, 0.1) is 0 Å². The highest BCUT2D eigenvalue weighted by atomic mass is 15.2. The highest BCUT2D eigenvalue weighted by Crippen LogP contribution is 2.47. The largest absolute Gasteiger partial charge is 0.309 e. The van der Waals surface area contributed by atoms with Gasteiger partial charge in [0.2, 0.25) is 0 Å². The SMILES string of the molecule is C1=Cc2cc3c(cc2N(c2cc(-c4ccccc4)nc(-c4ccccc4)n2)c2ccc(-c4ccc5c6ccccc6n(-c6ccccc6)c5c4)cc21)c1ccccc1n3-c1ccccc1. The van der Waals surface area contributed by atoms with E-state index in [9.17, 15) is 0 Å². The molecule has 65 heavy (non-hydrogen) atoms. The zero-order valence-electron chi connectivity index (χ0n) is 35.3. The fourth-order valence-electron chi connectivity index (χ4n) is 9.86. The molecule has 9 aromatic carbocycles. The Morgan fingerprint density at radius 3 is 1.48 bits per heavy atom. The quantitative estimate of drug-likeness (QED) is 0.168. The summed E-state index contributed by atoms with van der Waals surface area (Å²) in [7, 11) is 0. The summed E-state index contributed by atoms with van der Waals surface area (Å²) < 4.78 is 4.77. The molecule has 4 heterocycles. The Labute approximate surface area is 376 Å². The molecule has 0 saturated heterocycles. The molecule has 0 unspecified atom stereocenters. The molecule has 12 aromatic rings. The molecule has 0 spiro atoms. The Morgan fingerprint density at radius 2 is 0.815 bits per heavy atom. The van der Waals surface area contributed by atoms with Crippen molar-refractivity contribution >= 4 is 73.0 Å². The Hall–Kier alpha value is -8.80. The Kier molecular flexibility index (Phi) is 8.46. The second kappa shape index (κ2) is 14.9. The first-order valence-electron chi connectivity index (χ1n) is 22.1. The van der Waals surface area contributed by atoms with Crippen molar-refractivity contribution in [3.8, 4) is 45.1 Å². The Bertz CT molecular complexity index is 3750. The number of anilines is 3. The standard InChI is InChI=1S/C60H39N5/c1-5-17-40(18-6-1)52-39-59(62-60(61-52)41-19-7-2-8-20-41)65-53-34-32-42(43-31-33-50-48-25-13-15-27-54(48)63(57(50)36-43)46-21-9-3-10-22-46)35-44(53)29-30-45-37-58-51(38-56(45)65)49-26-14-16-28-55(49)64(58)47-23-11-4-12-24-47/h1-39H. The Balaban J connectivity index is 1.06. The van der Waals surface area contributed by atoms with Crippen LogP contribution in [-0.4, -0.2) is 19.1 Å². The first-order chi connectivity index (χ1) is 32.2. The van der Waals surface area contributed by atoms with E-state index in [0.29, 0.717) is 5.82 Å². The predicted octanol–water partition coefficient (Wildman–Crippen LogP) is 15.6. The van der Waals surface area contributed by atoms with Gasteiger partial charge in [-0.1, -0.05) is 164 Å². The van der Waals surface area contributed by atoms with Crippen molar-refractivity contribution in [2.45, 2.75) is 0 Å². The average molecular weight is 830 g/mol. The molecule has 0 amide bonds. The van der Waals surface area contributed by atoms with Gasteiger partial charge in [0.25, 0.3) is 0 Å². The minimum Gasteiger partial charge on any atom is -0.309 e. The molecular weight excluding hydrogens is 791 g/mol. The maximum atomic E-state index is 5.44. The van der Waals surface area contributed by atoms with Crippen molar-refractivity contribution in [2.24, 2.45) is 0 Å². The van der Waals surface area contributed by atoms with Crippen LogP contribution in [0.1, 0.15) is 11.1 Å². The van der Waals surface area contributed by atoms with E-state index in [-0.39, 0.29) is 0 Å². The maximum Gasteiger partial charge on any atom is 0.162 e. The van der Waals surface area contributed by atoms with Crippen molar-refractivity contribution in [1.82, 2.24) is 19.1 Å². The fraction of sp³-hybridized carbons (Fsp3) is 0. The van der Waals surface area contributed by atoms with Crippen LogP contribution in [0.3, 0.4) is 0 Å². The molecule has 1 aliphatic rings. The van der Waals surface area contributed by atoms with E-state index in [0.717, 1.165) is 78.7 Å². The molecule has 5 nitrogen and oxygen atoms in total. The molecule has 3 aromatic heterocycles. The molecular formula is C60H39N5. The van der Waals surface area contributed by atoms with Crippen LogP contribution in [-0.2, 0) is 0 Å². The van der Waals surface area contributed by atoms with E-state index >= 15 is 0 Å². The molecule has 0 N–H and O–H groups in total. The second-order valence-corrected chi connectivity index (χ2v) is 16.6. The summed E-state index contributed by atoms with van der Waals surface area (Å²) in [6, 6.07) is 80.1. The number of fused-ring (bicyclic) bond motifs is 8. The van der Waals surface area contributed by atoms with Gasteiger partial charge in [-0.2, -0.15) is 0 Å². The summed E-state index contributed by atoms with van der Waals surface area (Å²) in [5, 5.41) is 4.84. The van der Waals surface area contributed by atoms with Gasteiger partial charge in [-0.05, 0) is 83.4 Å². The lowest BCUT2D eigenvalue weighted by molar-refractivity contribution is 1.12. The minimum atomic E-state index is 0.669. The highest BCUT2D eigenvalue weighted by Gasteiger charge is 2.26. The van der Waals surface area contributed by atoms with E-state index in [2.05, 4.69) is 226 Å². The van der Waals surface area contributed by atoms with Crippen LogP contribution < -0.4 is 4.90 Å². The molecule has 5 heteroatoms. The lowest BCUT2D eigenvalue weighted by Gasteiger charge is -2.27. The van der Waals surface area contributed by atoms with E-state index < -0.39 is 0 Å². The third-order valence-electron chi connectivity index (χ3n) is 12.9. The first-order valence-corrected chi connectivity index (χ1v) is 22.1. The van der Waals surface area contributed by atoms with Crippen molar-refractivity contribution in [1.29, 1.82) is 0 Å². The van der Waals surface area contributed by atoms with Gasteiger partial charge in [0.15, 0.2) is 5.82 Å². The number of para-hydroxylation sites is 4. The van der Waals surface area contributed by atoms with Crippen LogP contribution >= 0.6 is 0 Å². The number of benzene rings is 9. The second-order valence-electron chi connectivity index (χ2n) is 16.6. The van der Waals surface area contributed by atoms with Crippen LogP contribution in [0.25, 0.3) is 101 Å². The normalized spacial score (nSPS) is 12.2. The van der Waals surface area contributed by atoms with Crippen molar-refractivity contribution < 1.29 is 0 Å². The molecule has 0 aliphatic carbocycles. The summed E-state index contributed by atoms with van der Waals surface area (Å²) in [5.74, 6) is 1.46. The molecule has 0 fully saturated rings. The molecule has 1 aliphatic heterocycles. The number of rotatable bonds is 6. The number of hydrogen-bond acceptors (Lipinski definition) is 3. The third kappa shape index (κ3) is 6.09. The van der Waals surface area contributed by atoms with Gasteiger partial charge in [0, 0.05) is 55.7 Å². The molecule has 13 rings (SSSR count). The number of hydrogen-bond donors (Lipinski definition) is 0. The molecule has 0 radical (unpaired) electrons. The van der Waals surface area contributed by atoms with Crippen LogP contribution in [0.2, 0.25) is 0 Å². The lowest BCUT2D eigenvalue weighted by atomic mass is 9.99. The van der Waals surface area contributed by atoms with Gasteiger partial charge in [-0.25, -0.2) is 9.97 Å². The van der Waals surface area contributed by atoms with Crippen molar-refractivity contribution in [3.63, 3.8) is 0 Å². The van der Waals surface area contributed by atoms with Crippen LogP contribution in [0.5, 0.6) is 0 Å². The maximum absolute atomic E-state index is 5.44. The van der Waals surface area contributed by atoms with Crippen LogP contribution in [0.15, 0.2) is 224 Å². The van der Waals surface area contributed by atoms with Gasteiger partial charge in [-0.3, -0.25) is 4.90 Å². The van der Waals surface area contributed by atoms with Gasteiger partial charge >= 0.3 is 0 Å². The smallest absolute Gasteiger partial charge is 0.162 e. The topological polar surface area (TPSA) is 38.9 Å². The molecule has 0 saturated carbocycles. The van der Waals surface area contributed by atoms with Gasteiger partial charge < -0.3 is 9.13 Å². The summed E-state index contributed by atoms with van der Waals surface area (Å²) in [6.45, 7) is 0. The zero-order valence-corrected chi connectivity index (χ0v) is 35.3. The minimum absolute atomic E-state index is 0.669. The average Bonchev–Trinajstić information content (AvgIpc) is 3.82. The Morgan fingerprint density at radius 1 is 0.308 bits per heavy atom. The van der Waals surface area contributed by atoms with Crippen molar-refractivity contribution in [2.75, 3.05) is 4.90 Å². The monoisotopic (exact) mass is 829 g/mol. The van der Waals surface area contributed by atoms with Gasteiger partial charge in [0.1, 0.15) is 5.82 Å². The lowest BCUT2D eigenvalue weighted by Crippen LogP contribution is -2.14. The zero-order chi connectivity index (χ0) is 42.8. The van der Waals surface area contributed by atoms with E-state index in [4.69, 9.17) is 9.97 Å². The number of nitrogens with zero attached hydrogens (tertiary/aromatic N) is 5. The first kappa shape index (κ1) is 36.8. The molecule has 304 valence electrons. The van der Waals surface area contributed by atoms with Crippen LogP contribution in [0.4, 0.5) is 17.2 Å². The van der Waals surface area contributed by atoms with Gasteiger partial charge in [-0.15, -0.1) is 0 Å².